The van der Waals surface area contributed by atoms with Crippen LogP contribution < -0.4 is 0 Å². The number of aromatic nitrogens is 2. The fourth-order valence-corrected chi connectivity index (χ4v) is 2.13. The van der Waals surface area contributed by atoms with Crippen LogP contribution in [-0.2, 0) is 0 Å². The second-order valence-electron chi connectivity index (χ2n) is 4.42. The van der Waals surface area contributed by atoms with Crippen molar-refractivity contribution in [1.82, 2.24) is 9.97 Å². The second-order valence-corrected chi connectivity index (χ2v) is 5.13. The van der Waals surface area contributed by atoms with Crippen molar-refractivity contribution >= 4 is 15.9 Å². The molecule has 1 aromatic carbocycles. The smallest absolute Gasteiger partial charge is 0.197 e. The first-order chi connectivity index (χ1) is 8.08. The van der Waals surface area contributed by atoms with E-state index in [0.29, 0.717) is 10.7 Å². The van der Waals surface area contributed by atoms with Crippen LogP contribution >= 0.6 is 15.9 Å². The Labute approximate surface area is 110 Å². The maximum Gasteiger partial charge on any atom is 0.197 e. The third-order valence-corrected chi connectivity index (χ3v) is 3.09. The average Bonchev–Trinajstić information content (AvgIpc) is 2.28. The van der Waals surface area contributed by atoms with Gasteiger partial charge in [0.15, 0.2) is 4.73 Å². The minimum absolute atomic E-state index is 0.400. The van der Waals surface area contributed by atoms with Gasteiger partial charge in [0.25, 0.3) is 0 Å². The highest BCUT2D eigenvalue weighted by Gasteiger charge is 2.09. The minimum atomic E-state index is 0.400. The van der Waals surface area contributed by atoms with Gasteiger partial charge in [-0.3, -0.25) is 0 Å². The first kappa shape index (κ1) is 12.2. The van der Waals surface area contributed by atoms with Gasteiger partial charge in [-0.25, -0.2) is 9.97 Å². The summed E-state index contributed by atoms with van der Waals surface area (Å²) in [4.78, 5) is 8.85. The zero-order valence-corrected chi connectivity index (χ0v) is 11.8. The van der Waals surface area contributed by atoms with Gasteiger partial charge in [0, 0.05) is 11.3 Å². The van der Waals surface area contributed by atoms with Crippen molar-refractivity contribution in [1.29, 1.82) is 0 Å². The van der Waals surface area contributed by atoms with Gasteiger partial charge < -0.3 is 0 Å². The Morgan fingerprint density at radius 1 is 1.12 bits per heavy atom. The van der Waals surface area contributed by atoms with Gasteiger partial charge in [0.2, 0.25) is 0 Å². The molecule has 3 heteroatoms. The molecule has 0 spiro atoms. The molecule has 0 N–H and O–H groups in total. The van der Waals surface area contributed by atoms with Gasteiger partial charge in [-0.1, -0.05) is 38.1 Å². The van der Waals surface area contributed by atoms with Gasteiger partial charge in [-0.2, -0.15) is 0 Å². The van der Waals surface area contributed by atoms with Gasteiger partial charge in [-0.15, -0.1) is 0 Å². The van der Waals surface area contributed by atoms with E-state index in [1.54, 1.807) is 0 Å². The van der Waals surface area contributed by atoms with Crippen molar-refractivity contribution in [2.24, 2.45) is 0 Å². The summed E-state index contributed by atoms with van der Waals surface area (Å²) in [5.41, 5.74) is 4.43. The Kier molecular flexibility index (Phi) is 3.57. The zero-order valence-electron chi connectivity index (χ0n) is 10.2. The Morgan fingerprint density at radius 3 is 2.47 bits per heavy atom. The molecule has 1 heterocycles. The van der Waals surface area contributed by atoms with Crippen molar-refractivity contribution in [3.8, 4) is 11.3 Å². The van der Waals surface area contributed by atoms with Gasteiger partial charge in [0.05, 0.1) is 5.69 Å². The fraction of sp³-hybridized carbons (Fsp3) is 0.286. The molecule has 17 heavy (non-hydrogen) atoms. The standard InChI is InChI=1S/C14H15BrN2/c1-9(2)12-8-13(17-14(15)16-12)11-7-5-4-6-10(11)3/h4-9H,1-3H3. The van der Waals surface area contributed by atoms with Crippen molar-refractivity contribution in [3.05, 3.63) is 46.3 Å². The molecule has 0 aliphatic heterocycles. The van der Waals surface area contributed by atoms with Crippen LogP contribution in [0.2, 0.25) is 0 Å². The molecule has 0 unspecified atom stereocenters. The third kappa shape index (κ3) is 2.72. The predicted molar refractivity (Wildman–Crippen MR) is 74.0 cm³/mol. The Hall–Kier alpha value is -1.22. The molecule has 2 rings (SSSR count). The molecule has 0 radical (unpaired) electrons. The molecule has 0 saturated heterocycles. The van der Waals surface area contributed by atoms with E-state index in [0.717, 1.165) is 17.0 Å². The number of halogens is 1. The third-order valence-electron chi connectivity index (χ3n) is 2.73. The van der Waals surface area contributed by atoms with Crippen molar-refractivity contribution in [3.63, 3.8) is 0 Å². The molecule has 0 bridgehead atoms. The lowest BCUT2D eigenvalue weighted by Gasteiger charge is -2.09. The van der Waals surface area contributed by atoms with E-state index in [2.05, 4.69) is 64.9 Å². The molecule has 88 valence electrons. The van der Waals surface area contributed by atoms with E-state index in [1.807, 2.05) is 12.1 Å². The molecule has 0 fully saturated rings. The SMILES string of the molecule is Cc1ccccc1-c1cc(C(C)C)nc(Br)n1. The quantitative estimate of drug-likeness (QED) is 0.769. The Bertz CT molecular complexity index is 535. The summed E-state index contributed by atoms with van der Waals surface area (Å²) >= 11 is 3.38. The molecule has 0 saturated carbocycles. The number of hydrogen-bond acceptors (Lipinski definition) is 2. The molecular weight excluding hydrogens is 276 g/mol. The van der Waals surface area contributed by atoms with E-state index in [1.165, 1.54) is 5.56 Å². The summed E-state index contributed by atoms with van der Waals surface area (Å²) in [6.07, 6.45) is 0. The van der Waals surface area contributed by atoms with Crippen LogP contribution in [0.25, 0.3) is 11.3 Å². The number of aryl methyl sites for hydroxylation is 1. The summed E-state index contributed by atoms with van der Waals surface area (Å²) in [6.45, 7) is 6.37. The van der Waals surface area contributed by atoms with E-state index in [4.69, 9.17) is 0 Å². The second kappa shape index (κ2) is 4.96. The highest BCUT2D eigenvalue weighted by molar-refractivity contribution is 9.10. The summed E-state index contributed by atoms with van der Waals surface area (Å²) in [6, 6.07) is 10.3. The number of benzene rings is 1. The monoisotopic (exact) mass is 290 g/mol. The molecule has 2 aromatic rings. The molecule has 0 amide bonds. The van der Waals surface area contributed by atoms with E-state index < -0.39 is 0 Å². The maximum absolute atomic E-state index is 4.45. The van der Waals surface area contributed by atoms with Crippen LogP contribution in [0.1, 0.15) is 31.0 Å². The lowest BCUT2D eigenvalue weighted by Crippen LogP contribution is -1.98. The predicted octanol–water partition coefficient (Wildman–Crippen LogP) is 4.34. The first-order valence-corrected chi connectivity index (χ1v) is 6.47. The Morgan fingerprint density at radius 2 is 1.82 bits per heavy atom. The largest absolute Gasteiger partial charge is 0.227 e. The van der Waals surface area contributed by atoms with E-state index in [9.17, 15) is 0 Å². The number of nitrogens with zero attached hydrogens (tertiary/aromatic N) is 2. The summed E-state index contributed by atoms with van der Waals surface area (Å²) in [5.74, 6) is 0.400. The molecule has 0 atom stereocenters. The van der Waals surface area contributed by atoms with Crippen molar-refractivity contribution in [2.45, 2.75) is 26.7 Å². The summed E-state index contributed by atoms with van der Waals surface area (Å²) in [5, 5.41) is 0. The number of rotatable bonds is 2. The van der Waals surface area contributed by atoms with Crippen LogP contribution in [0.4, 0.5) is 0 Å². The van der Waals surface area contributed by atoms with Crippen molar-refractivity contribution < 1.29 is 0 Å². The minimum Gasteiger partial charge on any atom is -0.227 e. The van der Waals surface area contributed by atoms with Crippen LogP contribution in [0.3, 0.4) is 0 Å². The zero-order chi connectivity index (χ0) is 12.4. The number of hydrogen-bond donors (Lipinski definition) is 0. The van der Waals surface area contributed by atoms with Gasteiger partial charge in [-0.05, 0) is 40.4 Å². The molecule has 0 aliphatic rings. The van der Waals surface area contributed by atoms with Gasteiger partial charge >= 0.3 is 0 Å². The summed E-state index contributed by atoms with van der Waals surface area (Å²) < 4.78 is 0.655. The molecule has 2 nitrogen and oxygen atoms in total. The van der Waals surface area contributed by atoms with Crippen LogP contribution in [0, 0.1) is 6.92 Å². The highest BCUT2D eigenvalue weighted by atomic mass is 79.9. The van der Waals surface area contributed by atoms with Crippen molar-refractivity contribution in [2.75, 3.05) is 0 Å². The van der Waals surface area contributed by atoms with Crippen LogP contribution in [0.5, 0.6) is 0 Å². The fourth-order valence-electron chi connectivity index (χ4n) is 1.73. The topological polar surface area (TPSA) is 25.8 Å². The lowest BCUT2D eigenvalue weighted by atomic mass is 10.0. The normalized spacial score (nSPS) is 10.9. The Balaban J connectivity index is 2.56. The van der Waals surface area contributed by atoms with E-state index >= 15 is 0 Å². The summed E-state index contributed by atoms with van der Waals surface area (Å²) in [7, 11) is 0. The molecule has 0 aliphatic carbocycles. The van der Waals surface area contributed by atoms with Crippen LogP contribution in [0.15, 0.2) is 35.1 Å². The maximum atomic E-state index is 4.45. The average molecular weight is 291 g/mol. The molecule has 1 aromatic heterocycles. The highest BCUT2D eigenvalue weighted by Crippen LogP contribution is 2.25. The molecular formula is C14H15BrN2. The lowest BCUT2D eigenvalue weighted by molar-refractivity contribution is 0.808. The first-order valence-electron chi connectivity index (χ1n) is 5.68. The van der Waals surface area contributed by atoms with Gasteiger partial charge in [0.1, 0.15) is 0 Å². The van der Waals surface area contributed by atoms with E-state index in [-0.39, 0.29) is 0 Å². The van der Waals surface area contributed by atoms with Crippen LogP contribution in [-0.4, -0.2) is 9.97 Å².